The Morgan fingerprint density at radius 3 is 1.84 bits per heavy atom. The maximum absolute atomic E-state index is 11.4. The average Bonchev–Trinajstić information content (AvgIpc) is 2.77. The van der Waals surface area contributed by atoms with Crippen LogP contribution in [-0.2, 0) is 4.79 Å². The summed E-state index contributed by atoms with van der Waals surface area (Å²) in [6.45, 7) is 3.82. The highest BCUT2D eigenvalue weighted by Crippen LogP contribution is 2.36. The molecule has 0 heterocycles. The largest absolute Gasteiger partial charge is 0.508 e. The number of rotatable bonds is 8. The fourth-order valence-corrected chi connectivity index (χ4v) is 3.53. The zero-order valence-electron chi connectivity index (χ0n) is 17.6. The fraction of sp³-hybridized carbons (Fsp3) is 0.192. The van der Waals surface area contributed by atoms with Gasteiger partial charge < -0.3 is 20.1 Å². The normalized spacial score (nSPS) is 11.5. The number of phenolic OH excluding ortho intramolecular Hbond substituents is 2. The quantitative estimate of drug-likeness (QED) is 0.408. The van der Waals surface area contributed by atoms with Gasteiger partial charge in [0.05, 0.1) is 0 Å². The van der Waals surface area contributed by atoms with E-state index >= 15 is 0 Å². The molecule has 5 heteroatoms. The first-order chi connectivity index (χ1) is 14.9. The molecule has 0 radical (unpaired) electrons. The number of allylic oxidation sites excluding steroid dienone is 1. The summed E-state index contributed by atoms with van der Waals surface area (Å²) in [6.07, 6.45) is 0.164. The maximum Gasteiger partial charge on any atom is 0.344 e. The number of hydrogen-bond donors (Lipinski definition) is 3. The molecule has 0 bridgehead atoms. The summed E-state index contributed by atoms with van der Waals surface area (Å²) >= 11 is 0. The van der Waals surface area contributed by atoms with Crippen LogP contribution in [0.1, 0.15) is 43.4 Å². The lowest BCUT2D eigenvalue weighted by molar-refractivity contribution is -0.145. The third kappa shape index (κ3) is 5.25. The van der Waals surface area contributed by atoms with Gasteiger partial charge in [-0.15, -0.1) is 0 Å². The predicted octanol–water partition coefficient (Wildman–Crippen LogP) is 5.71. The summed E-state index contributed by atoms with van der Waals surface area (Å²) in [5, 5.41) is 28.8. The van der Waals surface area contributed by atoms with Crippen LogP contribution in [0.4, 0.5) is 0 Å². The summed E-state index contributed by atoms with van der Waals surface area (Å²) in [4.78, 5) is 11.4. The molecule has 5 nitrogen and oxygen atoms in total. The molecule has 0 amide bonds. The van der Waals surface area contributed by atoms with E-state index in [1.807, 2.05) is 42.5 Å². The molecule has 1 atom stereocenters. The van der Waals surface area contributed by atoms with Crippen LogP contribution in [0.2, 0.25) is 0 Å². The van der Waals surface area contributed by atoms with Gasteiger partial charge in [-0.25, -0.2) is 4.79 Å². The van der Waals surface area contributed by atoms with Crippen LogP contribution in [0.25, 0.3) is 11.1 Å². The van der Waals surface area contributed by atoms with Crippen LogP contribution in [-0.4, -0.2) is 27.4 Å². The Kier molecular flexibility index (Phi) is 6.98. The van der Waals surface area contributed by atoms with E-state index in [9.17, 15) is 20.1 Å². The first kappa shape index (κ1) is 22.0. The molecule has 3 aromatic carbocycles. The van der Waals surface area contributed by atoms with Crippen molar-refractivity contribution >= 4 is 17.1 Å². The molecule has 3 rings (SSSR count). The van der Waals surface area contributed by atoms with Gasteiger partial charge in [0.1, 0.15) is 17.2 Å². The molecule has 0 saturated heterocycles. The Morgan fingerprint density at radius 2 is 1.39 bits per heavy atom. The number of phenols is 2. The SMILES string of the molecule is CCC(=C(c1ccc(O)cc1)c1ccc(O)cc1)c1cccc(OC(CC)C(=O)O)c1. The molecule has 0 aromatic heterocycles. The van der Waals surface area contributed by atoms with Crippen LogP contribution in [0.5, 0.6) is 17.2 Å². The van der Waals surface area contributed by atoms with Crippen molar-refractivity contribution in [3.05, 3.63) is 89.5 Å². The second kappa shape index (κ2) is 9.85. The second-order valence-corrected chi connectivity index (χ2v) is 7.18. The Bertz CT molecular complexity index is 1020. The molecule has 3 aromatic rings. The minimum atomic E-state index is -0.993. The lowest BCUT2D eigenvalue weighted by Crippen LogP contribution is -2.25. The van der Waals surface area contributed by atoms with Gasteiger partial charge in [0.2, 0.25) is 0 Å². The number of ether oxygens (including phenoxy) is 1. The van der Waals surface area contributed by atoms with Gasteiger partial charge in [-0.2, -0.15) is 0 Å². The van der Waals surface area contributed by atoms with E-state index in [-0.39, 0.29) is 11.5 Å². The first-order valence-electron chi connectivity index (χ1n) is 10.2. The molecular weight excluding hydrogens is 392 g/mol. The van der Waals surface area contributed by atoms with Crippen LogP contribution in [0.3, 0.4) is 0 Å². The Hall–Kier alpha value is -3.73. The second-order valence-electron chi connectivity index (χ2n) is 7.18. The van der Waals surface area contributed by atoms with Crippen LogP contribution < -0.4 is 4.74 Å². The molecule has 0 saturated carbocycles. The van der Waals surface area contributed by atoms with Crippen LogP contribution in [0, 0.1) is 0 Å². The van der Waals surface area contributed by atoms with Gasteiger partial charge in [-0.3, -0.25) is 0 Å². The summed E-state index contributed by atoms with van der Waals surface area (Å²) in [6, 6.07) is 21.4. The van der Waals surface area contributed by atoms with E-state index in [1.54, 1.807) is 37.3 Å². The minimum absolute atomic E-state index is 0.182. The third-order valence-corrected chi connectivity index (χ3v) is 5.07. The number of carboxylic acid groups (broad SMARTS) is 1. The summed E-state index contributed by atoms with van der Waals surface area (Å²) in [7, 11) is 0. The van der Waals surface area contributed by atoms with Crippen molar-refractivity contribution in [3.8, 4) is 17.2 Å². The number of carbonyl (C=O) groups is 1. The Labute approximate surface area is 181 Å². The molecule has 3 N–H and O–H groups in total. The molecule has 31 heavy (non-hydrogen) atoms. The van der Waals surface area contributed by atoms with Gasteiger partial charge in [-0.05, 0) is 77.1 Å². The zero-order valence-corrected chi connectivity index (χ0v) is 17.6. The van der Waals surface area contributed by atoms with Gasteiger partial charge in [0, 0.05) is 0 Å². The van der Waals surface area contributed by atoms with Crippen molar-refractivity contribution in [1.82, 2.24) is 0 Å². The van der Waals surface area contributed by atoms with Crippen LogP contribution in [0.15, 0.2) is 72.8 Å². The van der Waals surface area contributed by atoms with E-state index in [4.69, 9.17) is 4.74 Å². The molecule has 1 unspecified atom stereocenters. The molecule has 0 aliphatic heterocycles. The smallest absolute Gasteiger partial charge is 0.344 e. The Balaban J connectivity index is 2.15. The highest BCUT2D eigenvalue weighted by molar-refractivity contribution is 5.98. The van der Waals surface area contributed by atoms with E-state index < -0.39 is 12.1 Å². The zero-order chi connectivity index (χ0) is 22.4. The van der Waals surface area contributed by atoms with Crippen molar-refractivity contribution in [1.29, 1.82) is 0 Å². The molecule has 0 aliphatic rings. The van der Waals surface area contributed by atoms with Gasteiger partial charge in [0.25, 0.3) is 0 Å². The lowest BCUT2D eigenvalue weighted by atomic mass is 9.88. The summed E-state index contributed by atoms with van der Waals surface area (Å²) < 4.78 is 5.69. The summed E-state index contributed by atoms with van der Waals surface area (Å²) in [5.74, 6) is -0.135. The van der Waals surface area contributed by atoms with Crippen molar-refractivity contribution in [2.75, 3.05) is 0 Å². The van der Waals surface area contributed by atoms with Crippen LogP contribution >= 0.6 is 0 Å². The highest BCUT2D eigenvalue weighted by atomic mass is 16.5. The monoisotopic (exact) mass is 418 g/mol. The van der Waals surface area contributed by atoms with Gasteiger partial charge in [0.15, 0.2) is 6.10 Å². The topological polar surface area (TPSA) is 87.0 Å². The molecule has 0 aliphatic carbocycles. The third-order valence-electron chi connectivity index (χ3n) is 5.07. The van der Waals surface area contributed by atoms with E-state index in [2.05, 4.69) is 6.92 Å². The number of aromatic hydroxyl groups is 2. The van der Waals surface area contributed by atoms with Gasteiger partial charge in [-0.1, -0.05) is 50.2 Å². The van der Waals surface area contributed by atoms with Crippen molar-refractivity contribution < 1.29 is 24.9 Å². The van der Waals surface area contributed by atoms with Crippen molar-refractivity contribution in [2.45, 2.75) is 32.8 Å². The first-order valence-corrected chi connectivity index (χ1v) is 10.2. The molecule has 0 spiro atoms. The standard InChI is InChI=1S/C26H26O5/c1-3-23(19-6-5-7-22(16-19)31-24(4-2)26(29)30)25(17-8-12-20(27)13-9-17)18-10-14-21(28)15-11-18/h5-16,24,27-28H,3-4H2,1-2H3,(H,29,30). The average molecular weight is 418 g/mol. The van der Waals surface area contributed by atoms with Gasteiger partial charge >= 0.3 is 5.97 Å². The number of hydrogen-bond acceptors (Lipinski definition) is 4. The maximum atomic E-state index is 11.4. The molecular formula is C26H26O5. The fourth-order valence-electron chi connectivity index (χ4n) is 3.53. The van der Waals surface area contributed by atoms with Crippen molar-refractivity contribution in [2.24, 2.45) is 0 Å². The molecule has 0 fully saturated rings. The van der Waals surface area contributed by atoms with E-state index in [0.29, 0.717) is 18.6 Å². The van der Waals surface area contributed by atoms with E-state index in [0.717, 1.165) is 27.8 Å². The summed E-state index contributed by atoms with van der Waals surface area (Å²) in [5.41, 5.74) is 4.75. The lowest BCUT2D eigenvalue weighted by Gasteiger charge is -2.18. The predicted molar refractivity (Wildman–Crippen MR) is 121 cm³/mol. The number of aliphatic carboxylic acids is 1. The Morgan fingerprint density at radius 1 is 0.839 bits per heavy atom. The molecule has 160 valence electrons. The van der Waals surface area contributed by atoms with E-state index in [1.165, 1.54) is 0 Å². The number of carboxylic acids is 1. The number of benzene rings is 3. The van der Waals surface area contributed by atoms with Crippen molar-refractivity contribution in [3.63, 3.8) is 0 Å². The highest BCUT2D eigenvalue weighted by Gasteiger charge is 2.18. The minimum Gasteiger partial charge on any atom is -0.508 e.